The topological polar surface area (TPSA) is 23.6 Å². The van der Waals surface area contributed by atoms with Gasteiger partial charge in [0.1, 0.15) is 4.32 Å². The number of fused-ring (bicyclic) bond motifs is 1. The highest BCUT2D eigenvalue weighted by Crippen LogP contribution is 2.44. The Balaban J connectivity index is 1.84. The molecule has 1 amide bonds. The molecule has 21 heavy (non-hydrogen) atoms. The highest BCUT2D eigenvalue weighted by atomic mass is 32.2. The van der Waals surface area contributed by atoms with Crippen LogP contribution in [0.1, 0.15) is 6.92 Å². The number of benzene rings is 1. The van der Waals surface area contributed by atoms with E-state index >= 15 is 0 Å². The predicted molar refractivity (Wildman–Crippen MR) is 94.4 cm³/mol. The van der Waals surface area contributed by atoms with Gasteiger partial charge >= 0.3 is 0 Å². The summed E-state index contributed by atoms with van der Waals surface area (Å²) < 4.78 is 0.642. The van der Waals surface area contributed by atoms with E-state index in [0.29, 0.717) is 15.8 Å². The number of allylic oxidation sites excluding steroid dienone is 2. The lowest BCUT2D eigenvalue weighted by Crippen LogP contribution is -2.27. The Labute approximate surface area is 138 Å². The van der Waals surface area contributed by atoms with Crippen LogP contribution in [0.4, 0.5) is 5.69 Å². The monoisotopic (exact) mass is 334 g/mol. The van der Waals surface area contributed by atoms with E-state index in [1.807, 2.05) is 38.3 Å². The average Bonchev–Trinajstić information content (AvgIpc) is 2.94. The maximum absolute atomic E-state index is 12.2. The van der Waals surface area contributed by atoms with E-state index in [1.165, 1.54) is 22.3 Å². The van der Waals surface area contributed by atoms with Crippen LogP contribution in [0.2, 0.25) is 0 Å². The van der Waals surface area contributed by atoms with Crippen molar-refractivity contribution in [3.05, 3.63) is 46.4 Å². The molecule has 0 atom stereocenters. The Bertz CT molecular complexity index is 681. The summed E-state index contributed by atoms with van der Waals surface area (Å²) in [5.74, 6) is 0.00696. The van der Waals surface area contributed by atoms with Crippen molar-refractivity contribution >= 4 is 51.7 Å². The molecule has 108 valence electrons. The summed E-state index contributed by atoms with van der Waals surface area (Å²) in [6.45, 7) is 2.56. The van der Waals surface area contributed by atoms with Gasteiger partial charge in [-0.15, -0.1) is 0 Å². The number of hydrogen-bond donors (Lipinski definition) is 0. The van der Waals surface area contributed by atoms with Crippen molar-refractivity contribution in [1.29, 1.82) is 0 Å². The van der Waals surface area contributed by atoms with Gasteiger partial charge < -0.3 is 4.90 Å². The van der Waals surface area contributed by atoms with E-state index < -0.39 is 0 Å². The first kappa shape index (κ1) is 14.7. The van der Waals surface area contributed by atoms with E-state index in [9.17, 15) is 4.79 Å². The van der Waals surface area contributed by atoms with Crippen LogP contribution in [0.5, 0.6) is 0 Å². The Kier molecular flexibility index (Phi) is 4.10. The van der Waals surface area contributed by atoms with Crippen molar-refractivity contribution in [2.45, 2.75) is 11.8 Å². The van der Waals surface area contributed by atoms with Crippen LogP contribution in [0, 0.1) is 0 Å². The zero-order valence-electron chi connectivity index (χ0n) is 11.7. The number of anilines is 1. The van der Waals surface area contributed by atoms with Gasteiger partial charge in [0.25, 0.3) is 5.91 Å². The lowest BCUT2D eigenvalue weighted by Gasteiger charge is -2.12. The van der Waals surface area contributed by atoms with E-state index in [4.69, 9.17) is 12.2 Å². The first-order valence-corrected chi connectivity index (χ1v) is 8.62. The highest BCUT2D eigenvalue weighted by Gasteiger charge is 2.30. The van der Waals surface area contributed by atoms with Crippen LogP contribution >= 0.6 is 35.7 Å². The molecule has 0 aromatic heterocycles. The zero-order valence-corrected chi connectivity index (χ0v) is 14.1. The number of hydrogen-bond acceptors (Lipinski definition) is 5. The molecule has 0 bridgehead atoms. The molecule has 1 aromatic rings. The Morgan fingerprint density at radius 1 is 1.24 bits per heavy atom. The van der Waals surface area contributed by atoms with Gasteiger partial charge in [0, 0.05) is 18.5 Å². The summed E-state index contributed by atoms with van der Waals surface area (Å²) in [7, 11) is 2.04. The third kappa shape index (κ3) is 2.63. The molecular weight excluding hydrogens is 320 g/mol. The highest BCUT2D eigenvalue weighted by molar-refractivity contribution is 8.26. The van der Waals surface area contributed by atoms with Gasteiger partial charge in [-0.1, -0.05) is 47.9 Å². The maximum Gasteiger partial charge on any atom is 0.266 e. The van der Waals surface area contributed by atoms with Crippen molar-refractivity contribution in [2.24, 2.45) is 0 Å². The van der Waals surface area contributed by atoms with Crippen LogP contribution in [-0.4, -0.2) is 28.7 Å². The molecule has 1 aromatic carbocycles. The number of likely N-dealkylation sites (N-methyl/N-ethyl adjacent to an activating group) is 1. The van der Waals surface area contributed by atoms with Crippen LogP contribution in [0.3, 0.4) is 0 Å². The number of carbonyl (C=O) groups excluding carboxylic acids is 1. The summed E-state index contributed by atoms with van der Waals surface area (Å²) in [5, 5.41) is 1.11. The quantitative estimate of drug-likeness (QED) is 0.604. The van der Waals surface area contributed by atoms with Gasteiger partial charge in [0.2, 0.25) is 0 Å². The lowest BCUT2D eigenvalue weighted by atomic mass is 10.3. The second kappa shape index (κ2) is 5.87. The molecule has 2 aliphatic rings. The van der Waals surface area contributed by atoms with Crippen molar-refractivity contribution in [3.8, 4) is 0 Å². The third-order valence-electron chi connectivity index (χ3n) is 3.34. The van der Waals surface area contributed by atoms with E-state index in [0.717, 1.165) is 5.03 Å². The number of carbonyl (C=O) groups is 1. The van der Waals surface area contributed by atoms with E-state index in [1.54, 1.807) is 16.7 Å². The maximum atomic E-state index is 12.2. The molecule has 2 aliphatic heterocycles. The first-order valence-electron chi connectivity index (χ1n) is 6.58. The number of thioether (sulfide) groups is 2. The molecule has 1 fully saturated rings. The van der Waals surface area contributed by atoms with Gasteiger partial charge in [-0.2, -0.15) is 0 Å². The van der Waals surface area contributed by atoms with Crippen LogP contribution < -0.4 is 4.90 Å². The number of thiocarbonyl (C=S) groups is 1. The van der Waals surface area contributed by atoms with Gasteiger partial charge in [-0.25, -0.2) is 0 Å². The van der Waals surface area contributed by atoms with E-state index in [-0.39, 0.29) is 5.91 Å². The molecule has 6 heteroatoms. The van der Waals surface area contributed by atoms with Crippen molar-refractivity contribution < 1.29 is 4.79 Å². The first-order chi connectivity index (χ1) is 10.1. The van der Waals surface area contributed by atoms with Crippen LogP contribution in [-0.2, 0) is 4.79 Å². The molecule has 1 saturated heterocycles. The summed E-state index contributed by atoms with van der Waals surface area (Å²) in [4.78, 5) is 17.8. The lowest BCUT2D eigenvalue weighted by molar-refractivity contribution is -0.122. The smallest absolute Gasteiger partial charge is 0.266 e. The predicted octanol–water partition coefficient (Wildman–Crippen LogP) is 3.83. The number of amides is 1. The van der Waals surface area contributed by atoms with Crippen molar-refractivity contribution in [2.75, 3.05) is 18.5 Å². The Morgan fingerprint density at radius 3 is 2.67 bits per heavy atom. The molecule has 0 spiro atoms. The average molecular weight is 334 g/mol. The minimum atomic E-state index is 0.00696. The largest absolute Gasteiger partial charge is 0.338 e. The van der Waals surface area contributed by atoms with Gasteiger partial charge in [0.15, 0.2) is 0 Å². The Hall–Kier alpha value is -1.24. The molecule has 0 radical (unpaired) electrons. The van der Waals surface area contributed by atoms with Crippen molar-refractivity contribution in [3.63, 3.8) is 0 Å². The zero-order chi connectivity index (χ0) is 15.0. The second-order valence-electron chi connectivity index (χ2n) is 4.58. The molecule has 0 saturated carbocycles. The fourth-order valence-electron chi connectivity index (χ4n) is 2.20. The molecule has 0 aliphatic carbocycles. The fourth-order valence-corrected chi connectivity index (χ4v) is 4.58. The van der Waals surface area contributed by atoms with Gasteiger partial charge in [0.05, 0.1) is 15.6 Å². The summed E-state index contributed by atoms with van der Waals surface area (Å²) in [6, 6.07) is 8.27. The summed E-state index contributed by atoms with van der Waals surface area (Å²) in [5.41, 5.74) is 1.20. The molecular formula is C15H14N2OS3. The minimum absolute atomic E-state index is 0.00696. The normalized spacial score (nSPS) is 21.8. The number of para-hydroxylation sites is 1. The van der Waals surface area contributed by atoms with Gasteiger partial charge in [-0.3, -0.25) is 9.69 Å². The van der Waals surface area contributed by atoms with Crippen LogP contribution in [0.25, 0.3) is 0 Å². The Morgan fingerprint density at radius 2 is 2.00 bits per heavy atom. The third-order valence-corrected chi connectivity index (χ3v) is 5.92. The molecule has 0 N–H and O–H groups in total. The summed E-state index contributed by atoms with van der Waals surface area (Å²) in [6.07, 6.45) is 3.87. The molecule has 3 nitrogen and oxygen atoms in total. The summed E-state index contributed by atoms with van der Waals surface area (Å²) >= 11 is 8.30. The SMILES string of the molecule is CCN1C(=O)/C(=C/C=C2\Sc3ccccc3N2C)SC1=S. The number of nitrogens with zero attached hydrogens (tertiary/aromatic N) is 2. The second-order valence-corrected chi connectivity index (χ2v) is 7.32. The standard InChI is InChI=1S/C15H14N2OS3/c1-3-17-14(18)12(21-15(17)19)8-9-13-16(2)10-6-4-5-7-11(10)20-13/h4-9H,3H2,1-2H3/b12-8-,13-9-. The fraction of sp³-hybridized carbons (Fsp3) is 0.200. The van der Waals surface area contributed by atoms with Crippen molar-refractivity contribution in [1.82, 2.24) is 4.90 Å². The molecule has 0 unspecified atom stereocenters. The number of rotatable bonds is 2. The molecule has 3 rings (SSSR count). The van der Waals surface area contributed by atoms with E-state index in [2.05, 4.69) is 17.0 Å². The van der Waals surface area contributed by atoms with Crippen LogP contribution in [0.15, 0.2) is 51.2 Å². The molecule has 2 heterocycles. The van der Waals surface area contributed by atoms with Gasteiger partial charge in [-0.05, 0) is 31.2 Å². The minimum Gasteiger partial charge on any atom is -0.338 e.